The van der Waals surface area contributed by atoms with E-state index in [1.807, 2.05) is 0 Å². The molecule has 0 bridgehead atoms. The highest BCUT2D eigenvalue weighted by atomic mass is 32.2. The van der Waals surface area contributed by atoms with Crippen molar-refractivity contribution in [2.45, 2.75) is 17.6 Å². The summed E-state index contributed by atoms with van der Waals surface area (Å²) in [4.78, 5) is 15.6. The number of benzene rings is 2. The minimum atomic E-state index is -4.61. The third kappa shape index (κ3) is 4.63. The van der Waals surface area contributed by atoms with Gasteiger partial charge >= 0.3 is 6.18 Å². The Hall–Kier alpha value is -3.31. The van der Waals surface area contributed by atoms with Gasteiger partial charge in [0, 0.05) is 36.0 Å². The summed E-state index contributed by atoms with van der Waals surface area (Å²) in [6.45, 7) is 0.107. The molecule has 0 fully saturated rings. The van der Waals surface area contributed by atoms with E-state index in [9.17, 15) is 22.1 Å². The first-order valence-electron chi connectivity index (χ1n) is 9.22. The van der Waals surface area contributed by atoms with Crippen LogP contribution in [0.5, 0.6) is 0 Å². The lowest BCUT2D eigenvalue weighted by atomic mass is 10.0. The van der Waals surface area contributed by atoms with Crippen LogP contribution < -0.4 is 5.32 Å². The van der Waals surface area contributed by atoms with E-state index in [1.165, 1.54) is 24.7 Å². The maximum Gasteiger partial charge on any atom is 0.451 e. The summed E-state index contributed by atoms with van der Waals surface area (Å²) in [7, 11) is 0. The summed E-state index contributed by atoms with van der Waals surface area (Å²) in [5, 5.41) is 3.61. The topological polar surface area (TPSA) is 86.6 Å². The van der Waals surface area contributed by atoms with E-state index < -0.39 is 23.2 Å². The van der Waals surface area contributed by atoms with Gasteiger partial charge in [-0.3, -0.25) is 0 Å². The first-order valence-corrected chi connectivity index (χ1v) is 10.8. The van der Waals surface area contributed by atoms with E-state index in [2.05, 4.69) is 25.3 Å². The zero-order valence-electron chi connectivity index (χ0n) is 16.5. The summed E-state index contributed by atoms with van der Waals surface area (Å²) in [5.41, 5.74) is 2.29. The molecule has 0 aliphatic heterocycles. The Balaban J connectivity index is 1.70. The van der Waals surface area contributed by atoms with E-state index >= 15 is 0 Å². The van der Waals surface area contributed by atoms with Crippen molar-refractivity contribution in [2.24, 2.45) is 0 Å². The van der Waals surface area contributed by atoms with Crippen molar-refractivity contribution in [3.05, 3.63) is 72.3 Å². The monoisotopic (exact) mass is 461 g/mol. The molecule has 0 radical (unpaired) electrons. The van der Waals surface area contributed by atoms with Gasteiger partial charge in [-0.05, 0) is 40.5 Å². The molecule has 0 spiro atoms. The maximum absolute atomic E-state index is 13.3. The summed E-state index contributed by atoms with van der Waals surface area (Å²) in [5.74, 6) is -1.20. The van der Waals surface area contributed by atoms with E-state index in [4.69, 9.17) is 0 Å². The Bertz CT molecular complexity index is 1250. The van der Waals surface area contributed by atoms with Crippen molar-refractivity contribution in [1.82, 2.24) is 19.9 Å². The van der Waals surface area contributed by atoms with Crippen molar-refractivity contribution < 1.29 is 22.1 Å². The SMILES string of the molecule is C[S+]([O-])c1cc(-c2ccc(F)cc2)cc2c(NCc3cnc(C(F)(F)F)nc3)ncnc12. The highest BCUT2D eigenvalue weighted by molar-refractivity contribution is 7.91. The standard InChI is InChI=1S/C21H15F4N5OS/c1-32(31)17-7-14(13-2-4-15(22)5-3-13)6-16-18(17)29-11-30-19(16)26-8-12-9-27-20(28-10-12)21(23,24)25/h2-7,9-11H,8H2,1H3,(H,26,29,30). The van der Waals surface area contributed by atoms with Crippen LogP contribution in [0.25, 0.3) is 22.0 Å². The average molecular weight is 461 g/mol. The molecule has 1 N–H and O–H groups in total. The molecule has 2 aromatic carbocycles. The average Bonchev–Trinajstić information content (AvgIpc) is 2.77. The van der Waals surface area contributed by atoms with Gasteiger partial charge in [-0.1, -0.05) is 12.1 Å². The van der Waals surface area contributed by atoms with Crippen LogP contribution in [0, 0.1) is 5.82 Å². The van der Waals surface area contributed by atoms with Crippen LogP contribution in [-0.2, 0) is 23.9 Å². The third-order valence-electron chi connectivity index (χ3n) is 4.61. The first kappa shape index (κ1) is 21.9. The zero-order chi connectivity index (χ0) is 22.9. The van der Waals surface area contributed by atoms with Crippen LogP contribution in [0.4, 0.5) is 23.4 Å². The molecule has 0 aliphatic rings. The molecular formula is C21H15F4N5OS. The molecule has 1 atom stereocenters. The second-order valence-corrected chi connectivity index (χ2v) is 8.17. The van der Waals surface area contributed by atoms with Gasteiger partial charge in [-0.25, -0.2) is 24.3 Å². The van der Waals surface area contributed by atoms with E-state index in [-0.39, 0.29) is 12.4 Å². The molecule has 4 rings (SSSR count). The van der Waals surface area contributed by atoms with Crippen molar-refractivity contribution in [1.29, 1.82) is 0 Å². The normalized spacial score (nSPS) is 12.7. The number of nitrogens with one attached hydrogen (secondary N) is 1. The molecule has 6 nitrogen and oxygen atoms in total. The van der Waals surface area contributed by atoms with Gasteiger partial charge in [-0.2, -0.15) is 13.2 Å². The Morgan fingerprint density at radius 3 is 2.28 bits per heavy atom. The van der Waals surface area contributed by atoms with Crippen LogP contribution >= 0.6 is 0 Å². The molecule has 0 saturated carbocycles. The first-order chi connectivity index (χ1) is 15.2. The van der Waals surface area contributed by atoms with Gasteiger partial charge in [0.25, 0.3) is 0 Å². The van der Waals surface area contributed by atoms with Crippen LogP contribution in [0.15, 0.2) is 60.0 Å². The molecule has 11 heteroatoms. The summed E-state index contributed by atoms with van der Waals surface area (Å²) < 4.78 is 63.6. The fourth-order valence-electron chi connectivity index (χ4n) is 3.08. The Kier molecular flexibility index (Phi) is 5.94. The molecule has 0 aliphatic carbocycles. The van der Waals surface area contributed by atoms with Gasteiger partial charge < -0.3 is 9.87 Å². The molecule has 1 unspecified atom stereocenters. The van der Waals surface area contributed by atoms with Crippen LogP contribution in [0.1, 0.15) is 11.4 Å². The van der Waals surface area contributed by atoms with Crippen molar-refractivity contribution >= 4 is 27.9 Å². The third-order valence-corrected chi connectivity index (χ3v) is 5.54. The van der Waals surface area contributed by atoms with Crippen molar-refractivity contribution in [2.75, 3.05) is 11.6 Å². The van der Waals surface area contributed by atoms with Crippen molar-refractivity contribution in [3.8, 4) is 11.1 Å². The highest BCUT2D eigenvalue weighted by Gasteiger charge is 2.34. The molecule has 4 aromatic rings. The number of rotatable bonds is 5. The molecule has 0 saturated heterocycles. The molecular weight excluding hydrogens is 446 g/mol. The fraction of sp³-hybridized carbons (Fsp3) is 0.143. The van der Waals surface area contributed by atoms with Gasteiger partial charge in [0.1, 0.15) is 29.7 Å². The number of halogens is 4. The lowest BCUT2D eigenvalue weighted by molar-refractivity contribution is -0.145. The van der Waals surface area contributed by atoms with Crippen LogP contribution in [0.3, 0.4) is 0 Å². The summed E-state index contributed by atoms with van der Waals surface area (Å²) in [6.07, 6.45) is 0.392. The largest absolute Gasteiger partial charge is 0.612 e. The molecule has 164 valence electrons. The predicted octanol–water partition coefficient (Wildman–Crippen LogP) is 4.59. The molecule has 32 heavy (non-hydrogen) atoms. The number of alkyl halides is 3. The van der Waals surface area contributed by atoms with Gasteiger partial charge in [0.15, 0.2) is 4.90 Å². The smallest absolute Gasteiger partial charge is 0.451 e. The lowest BCUT2D eigenvalue weighted by Gasteiger charge is -2.14. The Labute approximate surface area is 183 Å². The van der Waals surface area contributed by atoms with E-state index in [0.717, 1.165) is 12.4 Å². The number of fused-ring (bicyclic) bond motifs is 1. The molecule has 2 heterocycles. The molecule has 2 aromatic heterocycles. The number of hydrogen-bond acceptors (Lipinski definition) is 6. The minimum Gasteiger partial charge on any atom is -0.612 e. The van der Waals surface area contributed by atoms with Crippen molar-refractivity contribution in [3.63, 3.8) is 0 Å². The molecule has 0 amide bonds. The second-order valence-electron chi connectivity index (χ2n) is 6.82. The quantitative estimate of drug-likeness (QED) is 0.346. The minimum absolute atomic E-state index is 0.107. The number of nitrogens with zero attached hydrogens (tertiary/aromatic N) is 4. The van der Waals surface area contributed by atoms with Gasteiger partial charge in [0.05, 0.1) is 0 Å². The second kappa shape index (κ2) is 8.67. The predicted molar refractivity (Wildman–Crippen MR) is 112 cm³/mol. The van der Waals surface area contributed by atoms with E-state index in [0.29, 0.717) is 38.3 Å². The van der Waals surface area contributed by atoms with Crippen LogP contribution in [-0.4, -0.2) is 30.7 Å². The number of hydrogen-bond donors (Lipinski definition) is 1. The van der Waals surface area contributed by atoms with E-state index in [1.54, 1.807) is 24.3 Å². The lowest BCUT2D eigenvalue weighted by Crippen LogP contribution is -2.12. The fourth-order valence-corrected chi connectivity index (χ4v) is 3.81. The number of anilines is 1. The maximum atomic E-state index is 13.3. The Morgan fingerprint density at radius 1 is 0.969 bits per heavy atom. The summed E-state index contributed by atoms with van der Waals surface area (Å²) >= 11 is -1.37. The Morgan fingerprint density at radius 2 is 1.66 bits per heavy atom. The highest BCUT2D eigenvalue weighted by Crippen LogP contribution is 2.32. The zero-order valence-corrected chi connectivity index (χ0v) is 17.3. The number of aromatic nitrogens is 4. The summed E-state index contributed by atoms with van der Waals surface area (Å²) in [6, 6.07) is 9.38. The van der Waals surface area contributed by atoms with Gasteiger partial charge in [0.2, 0.25) is 5.82 Å². The van der Waals surface area contributed by atoms with Crippen LogP contribution in [0.2, 0.25) is 0 Å². The van der Waals surface area contributed by atoms with Gasteiger partial charge in [-0.15, -0.1) is 0 Å².